The second-order valence-electron chi connectivity index (χ2n) is 4.48. The first kappa shape index (κ1) is 12.9. The molecule has 2 N–H and O–H groups in total. The lowest BCUT2D eigenvalue weighted by molar-refractivity contribution is 0.312. The van der Waals surface area contributed by atoms with E-state index in [2.05, 4.69) is 32.5 Å². The standard InChI is InChI=1S/C12H21N5O/c1-4-6-8-7-9(8)14-11-15-10(13-3)16-12(17-11)18-5-2/h8-9H,4-7H2,1-3H3,(H2,13,14,15,16,17). The highest BCUT2D eigenvalue weighted by molar-refractivity contribution is 5.37. The van der Waals surface area contributed by atoms with Crippen LogP contribution in [-0.4, -0.2) is 34.6 Å². The third-order valence-corrected chi connectivity index (χ3v) is 3.01. The van der Waals surface area contributed by atoms with Gasteiger partial charge in [0.25, 0.3) is 0 Å². The number of anilines is 2. The summed E-state index contributed by atoms with van der Waals surface area (Å²) < 4.78 is 5.32. The highest BCUT2D eigenvalue weighted by Crippen LogP contribution is 2.36. The second kappa shape index (κ2) is 5.84. The lowest BCUT2D eigenvalue weighted by Gasteiger charge is -2.08. The summed E-state index contributed by atoms with van der Waals surface area (Å²) in [5.41, 5.74) is 0. The van der Waals surface area contributed by atoms with Gasteiger partial charge >= 0.3 is 6.01 Å². The Kier molecular flexibility index (Phi) is 4.17. The molecular formula is C12H21N5O. The molecule has 1 aromatic rings. The zero-order valence-electron chi connectivity index (χ0n) is 11.2. The summed E-state index contributed by atoms with van der Waals surface area (Å²) in [4.78, 5) is 12.7. The van der Waals surface area contributed by atoms with Gasteiger partial charge in [0.2, 0.25) is 11.9 Å². The lowest BCUT2D eigenvalue weighted by Crippen LogP contribution is -2.12. The van der Waals surface area contributed by atoms with Gasteiger partial charge in [0.15, 0.2) is 0 Å². The minimum absolute atomic E-state index is 0.368. The summed E-state index contributed by atoms with van der Waals surface area (Å²) in [5, 5.41) is 6.26. The summed E-state index contributed by atoms with van der Waals surface area (Å²) in [6, 6.07) is 0.874. The van der Waals surface area contributed by atoms with Crippen molar-refractivity contribution in [3.05, 3.63) is 0 Å². The predicted molar refractivity (Wildman–Crippen MR) is 71.0 cm³/mol. The van der Waals surface area contributed by atoms with Gasteiger partial charge in [-0.2, -0.15) is 15.0 Å². The average molecular weight is 251 g/mol. The molecule has 6 nitrogen and oxygen atoms in total. The van der Waals surface area contributed by atoms with Gasteiger partial charge in [-0.15, -0.1) is 0 Å². The Morgan fingerprint density at radius 3 is 2.67 bits per heavy atom. The molecule has 0 saturated heterocycles. The van der Waals surface area contributed by atoms with E-state index in [0.717, 1.165) is 5.92 Å². The Morgan fingerprint density at radius 1 is 1.22 bits per heavy atom. The van der Waals surface area contributed by atoms with Crippen molar-refractivity contribution in [2.45, 2.75) is 39.2 Å². The van der Waals surface area contributed by atoms with Crippen LogP contribution in [0, 0.1) is 5.92 Å². The molecule has 6 heteroatoms. The Labute approximate surface area is 108 Å². The van der Waals surface area contributed by atoms with E-state index in [-0.39, 0.29) is 0 Å². The SMILES string of the molecule is CCCC1CC1Nc1nc(NC)nc(OCC)n1. The van der Waals surface area contributed by atoms with Gasteiger partial charge in [-0.25, -0.2) is 0 Å². The molecule has 2 rings (SSSR count). The number of rotatable bonds is 7. The molecule has 0 aliphatic heterocycles. The number of nitrogens with zero attached hydrogens (tertiary/aromatic N) is 3. The fourth-order valence-electron chi connectivity index (χ4n) is 2.01. The van der Waals surface area contributed by atoms with Gasteiger partial charge in [-0.1, -0.05) is 13.3 Å². The van der Waals surface area contributed by atoms with Crippen LogP contribution in [0.25, 0.3) is 0 Å². The van der Waals surface area contributed by atoms with Crippen LogP contribution in [0.2, 0.25) is 0 Å². The van der Waals surface area contributed by atoms with Crippen LogP contribution in [0.3, 0.4) is 0 Å². The predicted octanol–water partition coefficient (Wildman–Crippen LogP) is 1.91. The maximum atomic E-state index is 5.32. The van der Waals surface area contributed by atoms with E-state index in [1.807, 2.05) is 6.92 Å². The Morgan fingerprint density at radius 2 is 2.00 bits per heavy atom. The second-order valence-corrected chi connectivity index (χ2v) is 4.48. The van der Waals surface area contributed by atoms with Gasteiger partial charge < -0.3 is 15.4 Å². The summed E-state index contributed by atoms with van der Waals surface area (Å²) >= 11 is 0. The summed E-state index contributed by atoms with van der Waals surface area (Å²) in [6.07, 6.45) is 3.70. The molecule has 1 aliphatic carbocycles. The van der Waals surface area contributed by atoms with E-state index in [0.29, 0.717) is 30.6 Å². The monoisotopic (exact) mass is 251 g/mol. The quantitative estimate of drug-likeness (QED) is 0.771. The van der Waals surface area contributed by atoms with Crippen LogP contribution in [0.15, 0.2) is 0 Å². The van der Waals surface area contributed by atoms with Crippen LogP contribution in [0.4, 0.5) is 11.9 Å². The molecule has 100 valence electrons. The summed E-state index contributed by atoms with van der Waals surface area (Å²) in [6.45, 7) is 4.67. The molecule has 0 spiro atoms. The largest absolute Gasteiger partial charge is 0.464 e. The first-order valence-corrected chi connectivity index (χ1v) is 6.60. The maximum Gasteiger partial charge on any atom is 0.323 e. The molecule has 1 heterocycles. The first-order chi connectivity index (χ1) is 8.76. The molecule has 2 atom stereocenters. The van der Waals surface area contributed by atoms with Crippen LogP contribution < -0.4 is 15.4 Å². The highest BCUT2D eigenvalue weighted by atomic mass is 16.5. The Bertz CT molecular complexity index is 398. The number of nitrogens with one attached hydrogen (secondary N) is 2. The van der Waals surface area contributed by atoms with E-state index in [4.69, 9.17) is 4.74 Å². The van der Waals surface area contributed by atoms with Crippen molar-refractivity contribution >= 4 is 11.9 Å². The fourth-order valence-corrected chi connectivity index (χ4v) is 2.01. The molecule has 1 saturated carbocycles. The molecule has 1 fully saturated rings. The third-order valence-electron chi connectivity index (χ3n) is 3.01. The number of ether oxygens (including phenoxy) is 1. The van der Waals surface area contributed by atoms with Crippen molar-refractivity contribution in [1.29, 1.82) is 0 Å². The van der Waals surface area contributed by atoms with E-state index >= 15 is 0 Å². The molecule has 1 aromatic heterocycles. The topological polar surface area (TPSA) is 72.0 Å². The molecule has 0 aromatic carbocycles. The molecule has 1 aliphatic rings. The van der Waals surface area contributed by atoms with Gasteiger partial charge in [0.1, 0.15) is 0 Å². The Balaban J connectivity index is 2.01. The summed E-state index contributed by atoms with van der Waals surface area (Å²) in [5.74, 6) is 1.89. The van der Waals surface area contributed by atoms with E-state index < -0.39 is 0 Å². The summed E-state index contributed by atoms with van der Waals surface area (Å²) in [7, 11) is 1.78. The van der Waals surface area contributed by atoms with Crippen molar-refractivity contribution in [2.24, 2.45) is 5.92 Å². The van der Waals surface area contributed by atoms with Gasteiger partial charge in [0, 0.05) is 13.1 Å². The van der Waals surface area contributed by atoms with Gasteiger partial charge in [0.05, 0.1) is 6.61 Å². The number of aromatic nitrogens is 3. The average Bonchev–Trinajstić information content (AvgIpc) is 3.08. The van der Waals surface area contributed by atoms with Crippen molar-refractivity contribution in [3.63, 3.8) is 0 Å². The molecule has 0 bridgehead atoms. The van der Waals surface area contributed by atoms with E-state index in [1.54, 1.807) is 7.05 Å². The Hall–Kier alpha value is -1.59. The van der Waals surface area contributed by atoms with Crippen LogP contribution in [-0.2, 0) is 0 Å². The molecule has 0 radical (unpaired) electrons. The van der Waals surface area contributed by atoms with Crippen molar-refractivity contribution in [1.82, 2.24) is 15.0 Å². The maximum absolute atomic E-state index is 5.32. The zero-order valence-corrected chi connectivity index (χ0v) is 11.2. The van der Waals surface area contributed by atoms with E-state index in [9.17, 15) is 0 Å². The molecule has 2 unspecified atom stereocenters. The van der Waals surface area contributed by atoms with Crippen molar-refractivity contribution < 1.29 is 4.74 Å². The molecule has 18 heavy (non-hydrogen) atoms. The molecular weight excluding hydrogens is 230 g/mol. The smallest absolute Gasteiger partial charge is 0.323 e. The number of hydrogen-bond donors (Lipinski definition) is 2. The normalized spacial score (nSPS) is 21.5. The fraction of sp³-hybridized carbons (Fsp3) is 0.750. The highest BCUT2D eigenvalue weighted by Gasteiger charge is 2.36. The van der Waals surface area contributed by atoms with Crippen LogP contribution >= 0.6 is 0 Å². The van der Waals surface area contributed by atoms with Crippen molar-refractivity contribution in [2.75, 3.05) is 24.3 Å². The number of hydrogen-bond acceptors (Lipinski definition) is 6. The lowest BCUT2D eigenvalue weighted by atomic mass is 10.2. The van der Waals surface area contributed by atoms with Crippen LogP contribution in [0.5, 0.6) is 6.01 Å². The zero-order chi connectivity index (χ0) is 13.0. The van der Waals surface area contributed by atoms with Crippen LogP contribution in [0.1, 0.15) is 33.1 Å². The minimum atomic E-state index is 0.368. The van der Waals surface area contributed by atoms with Crippen molar-refractivity contribution in [3.8, 4) is 6.01 Å². The minimum Gasteiger partial charge on any atom is -0.464 e. The van der Waals surface area contributed by atoms with Gasteiger partial charge in [-0.3, -0.25) is 0 Å². The van der Waals surface area contributed by atoms with Gasteiger partial charge in [-0.05, 0) is 25.7 Å². The first-order valence-electron chi connectivity index (χ1n) is 6.60. The molecule has 0 amide bonds. The van der Waals surface area contributed by atoms with E-state index in [1.165, 1.54) is 19.3 Å². The third kappa shape index (κ3) is 3.21.